The smallest absolute Gasteiger partial charge is 0.231 e. The van der Waals surface area contributed by atoms with Crippen LogP contribution in [0.1, 0.15) is 31.4 Å². The number of rotatable bonds is 0. The Morgan fingerprint density at radius 1 is 1.25 bits per heavy atom. The van der Waals surface area contributed by atoms with Crippen molar-refractivity contribution in [2.45, 2.75) is 25.2 Å². The number of benzene rings is 1. The van der Waals surface area contributed by atoms with Crippen molar-refractivity contribution in [3.63, 3.8) is 0 Å². The summed E-state index contributed by atoms with van der Waals surface area (Å²) in [5, 5.41) is 1.27. The summed E-state index contributed by atoms with van der Waals surface area (Å²) in [4.78, 5) is 6.28. The number of ether oxygens (including phenoxy) is 2. The third kappa shape index (κ3) is 1.40. The van der Waals surface area contributed by atoms with Gasteiger partial charge in [0.15, 0.2) is 11.5 Å². The van der Waals surface area contributed by atoms with Gasteiger partial charge in [0.2, 0.25) is 6.79 Å². The van der Waals surface area contributed by atoms with Gasteiger partial charge in [0.1, 0.15) is 0 Å². The van der Waals surface area contributed by atoms with Crippen LogP contribution in [0.25, 0.3) is 10.9 Å². The Labute approximate surface area is 119 Å². The number of aromatic amines is 1. The van der Waals surface area contributed by atoms with E-state index < -0.39 is 0 Å². The molecule has 0 amide bonds. The van der Waals surface area contributed by atoms with Gasteiger partial charge in [0, 0.05) is 37.0 Å². The lowest BCUT2D eigenvalue weighted by Gasteiger charge is -2.29. The van der Waals surface area contributed by atoms with Crippen LogP contribution in [0.4, 0.5) is 0 Å². The maximum Gasteiger partial charge on any atom is 0.231 e. The summed E-state index contributed by atoms with van der Waals surface area (Å²) in [5.41, 5.74) is 4.13. The Bertz CT molecular complexity index is 697. The Morgan fingerprint density at radius 3 is 3.25 bits per heavy atom. The third-order valence-corrected chi connectivity index (χ3v) is 5.03. The summed E-state index contributed by atoms with van der Waals surface area (Å²) in [6, 6.07) is 4.16. The molecule has 2 aromatic rings. The quantitative estimate of drug-likeness (QED) is 0.801. The van der Waals surface area contributed by atoms with E-state index in [0.29, 0.717) is 12.7 Å². The van der Waals surface area contributed by atoms with Gasteiger partial charge < -0.3 is 19.4 Å². The molecule has 0 radical (unpaired) electrons. The Kier molecular flexibility index (Phi) is 2.16. The molecule has 3 aliphatic heterocycles. The topological polar surface area (TPSA) is 37.5 Å². The molecule has 3 aliphatic rings. The highest BCUT2D eigenvalue weighted by Gasteiger charge is 2.31. The van der Waals surface area contributed by atoms with Crippen molar-refractivity contribution >= 4 is 10.9 Å². The lowest BCUT2D eigenvalue weighted by molar-refractivity contribution is 0.175. The summed E-state index contributed by atoms with van der Waals surface area (Å²) < 4.78 is 11.3. The average molecular weight is 272 g/mol. The molecule has 2 atom stereocenters. The molecular weight excluding hydrogens is 252 g/mol. The fourth-order valence-electron chi connectivity index (χ4n) is 4.10. The zero-order valence-corrected chi connectivity index (χ0v) is 11.4. The molecule has 2 bridgehead atoms. The Balaban J connectivity index is 0.00000115. The van der Waals surface area contributed by atoms with Gasteiger partial charge in [-0.05, 0) is 43.5 Å². The molecule has 4 nitrogen and oxygen atoms in total. The first kappa shape index (κ1) is 11.0. The van der Waals surface area contributed by atoms with Crippen LogP contribution in [0.3, 0.4) is 0 Å². The minimum absolute atomic E-state index is 0. The van der Waals surface area contributed by atoms with Crippen molar-refractivity contribution in [1.82, 2.24) is 9.88 Å². The second-order valence-corrected chi connectivity index (χ2v) is 6.13. The number of H-pyrrole nitrogens is 1. The zero-order chi connectivity index (χ0) is 13.1. The second-order valence-electron chi connectivity index (χ2n) is 6.13. The molecule has 5 rings (SSSR count). The maximum absolute atomic E-state index is 5.73. The van der Waals surface area contributed by atoms with Gasteiger partial charge in [0.25, 0.3) is 0 Å². The van der Waals surface area contributed by atoms with E-state index in [1.54, 1.807) is 0 Å². The normalized spacial score (nSPS) is 27.4. The third-order valence-electron chi connectivity index (χ3n) is 5.03. The number of nitrogens with zero attached hydrogens (tertiary/aromatic N) is 1. The molecule has 0 aliphatic carbocycles. The molecule has 106 valence electrons. The fourth-order valence-corrected chi connectivity index (χ4v) is 4.10. The number of hydrogen-bond acceptors (Lipinski definition) is 3. The monoisotopic (exact) mass is 272 g/mol. The predicted molar refractivity (Wildman–Crippen MR) is 78.7 cm³/mol. The van der Waals surface area contributed by atoms with E-state index in [4.69, 9.17) is 9.47 Å². The first-order chi connectivity index (χ1) is 9.90. The maximum atomic E-state index is 5.73. The highest BCUT2D eigenvalue weighted by molar-refractivity contribution is 5.93. The van der Waals surface area contributed by atoms with Crippen molar-refractivity contribution in [3.05, 3.63) is 23.4 Å². The molecule has 0 spiro atoms. The van der Waals surface area contributed by atoms with Gasteiger partial charge in [-0.2, -0.15) is 0 Å². The van der Waals surface area contributed by atoms with E-state index in [2.05, 4.69) is 16.0 Å². The molecule has 4 heterocycles. The van der Waals surface area contributed by atoms with Crippen LogP contribution < -0.4 is 9.47 Å². The summed E-state index contributed by atoms with van der Waals surface area (Å²) in [6.45, 7) is 3.99. The molecule has 2 unspecified atom stereocenters. The van der Waals surface area contributed by atoms with E-state index in [1.165, 1.54) is 54.6 Å². The largest absolute Gasteiger partial charge is 0.454 e. The average Bonchev–Trinajstić information content (AvgIpc) is 3.06. The van der Waals surface area contributed by atoms with Crippen LogP contribution in [-0.4, -0.2) is 36.3 Å². The van der Waals surface area contributed by atoms with Gasteiger partial charge in [-0.3, -0.25) is 0 Å². The van der Waals surface area contributed by atoms with E-state index in [-0.39, 0.29) is 1.43 Å². The predicted octanol–water partition coefficient (Wildman–Crippen LogP) is 2.88. The van der Waals surface area contributed by atoms with E-state index in [1.807, 2.05) is 6.07 Å². The SMILES string of the molecule is [HH].c1cc2[nH]c3c(c2c2c1OCO2)CCN1CCCC3C1. The fraction of sp³-hybridized carbons (Fsp3) is 0.500. The summed E-state index contributed by atoms with van der Waals surface area (Å²) in [6.07, 6.45) is 3.73. The standard InChI is InChI=1S/C16H18N2O2.H2/c1-2-10-8-18(6-1)7-5-11-14-12(17-15(10)11)3-4-13-16(14)20-9-19-13;/h3-4,10,17H,1-2,5-9H2;1H. The van der Waals surface area contributed by atoms with Gasteiger partial charge in [0.05, 0.1) is 0 Å². The van der Waals surface area contributed by atoms with Crippen molar-refractivity contribution in [1.29, 1.82) is 0 Å². The minimum atomic E-state index is 0. The van der Waals surface area contributed by atoms with Crippen LogP contribution >= 0.6 is 0 Å². The highest BCUT2D eigenvalue weighted by Crippen LogP contribution is 2.44. The number of fused-ring (bicyclic) bond motifs is 8. The van der Waals surface area contributed by atoms with Crippen molar-refractivity contribution in [2.24, 2.45) is 0 Å². The molecule has 1 saturated heterocycles. The van der Waals surface area contributed by atoms with Crippen molar-refractivity contribution in [2.75, 3.05) is 26.4 Å². The van der Waals surface area contributed by atoms with Crippen molar-refractivity contribution in [3.8, 4) is 11.5 Å². The molecule has 0 saturated carbocycles. The van der Waals surface area contributed by atoms with Crippen LogP contribution in [-0.2, 0) is 6.42 Å². The van der Waals surface area contributed by atoms with E-state index in [0.717, 1.165) is 17.9 Å². The summed E-state index contributed by atoms with van der Waals surface area (Å²) >= 11 is 0. The molecule has 1 fully saturated rings. The minimum Gasteiger partial charge on any atom is -0.454 e. The first-order valence-electron chi connectivity index (χ1n) is 7.55. The number of piperidine rings is 1. The molecule has 1 aromatic heterocycles. The zero-order valence-electron chi connectivity index (χ0n) is 11.4. The van der Waals surface area contributed by atoms with Crippen LogP contribution in [0.2, 0.25) is 0 Å². The molecule has 1 aromatic carbocycles. The van der Waals surface area contributed by atoms with Gasteiger partial charge in [-0.25, -0.2) is 0 Å². The highest BCUT2D eigenvalue weighted by atomic mass is 16.7. The molecule has 4 heteroatoms. The van der Waals surface area contributed by atoms with E-state index >= 15 is 0 Å². The lowest BCUT2D eigenvalue weighted by atomic mass is 9.93. The Hall–Kier alpha value is -1.68. The first-order valence-corrected chi connectivity index (χ1v) is 7.55. The second kappa shape index (κ2) is 3.92. The summed E-state index contributed by atoms with van der Waals surface area (Å²) in [5.74, 6) is 2.50. The number of nitrogens with one attached hydrogen (secondary N) is 1. The van der Waals surface area contributed by atoms with Crippen molar-refractivity contribution < 1.29 is 10.9 Å². The number of hydrogen-bond donors (Lipinski definition) is 1. The van der Waals surface area contributed by atoms with Gasteiger partial charge >= 0.3 is 0 Å². The van der Waals surface area contributed by atoms with Gasteiger partial charge in [-0.1, -0.05) is 0 Å². The Morgan fingerprint density at radius 2 is 2.25 bits per heavy atom. The molecule has 20 heavy (non-hydrogen) atoms. The van der Waals surface area contributed by atoms with Crippen LogP contribution in [0, 0.1) is 0 Å². The number of aromatic nitrogens is 1. The van der Waals surface area contributed by atoms with Crippen LogP contribution in [0.15, 0.2) is 12.1 Å². The molecular formula is C16H20N2O2. The van der Waals surface area contributed by atoms with Gasteiger partial charge in [-0.15, -0.1) is 0 Å². The lowest BCUT2D eigenvalue weighted by Crippen LogP contribution is -2.33. The summed E-state index contributed by atoms with van der Waals surface area (Å²) in [7, 11) is 0. The van der Waals surface area contributed by atoms with E-state index in [9.17, 15) is 0 Å². The van der Waals surface area contributed by atoms with Crippen LogP contribution in [0.5, 0.6) is 11.5 Å². The molecule has 1 N–H and O–H groups in total.